The topological polar surface area (TPSA) is 39.2 Å². The molecule has 2 rings (SSSR count). The number of hydrogen-bond donors (Lipinski definition) is 0. The molecule has 0 fully saturated rings. The smallest absolute Gasteiger partial charge is 0.169 e. The van der Waals surface area contributed by atoms with E-state index in [1.807, 2.05) is 26.2 Å². The fourth-order valence-corrected chi connectivity index (χ4v) is 2.80. The highest BCUT2D eigenvalue weighted by molar-refractivity contribution is 7.13. The minimum absolute atomic E-state index is 0.000283. The van der Waals surface area contributed by atoms with Crippen LogP contribution in [-0.2, 0) is 14.9 Å². The number of rotatable bonds is 6. The van der Waals surface area contributed by atoms with E-state index in [1.165, 1.54) is 23.5 Å². The molecule has 5 heteroatoms. The summed E-state index contributed by atoms with van der Waals surface area (Å²) < 4.78 is 18.1. The van der Waals surface area contributed by atoms with Crippen molar-refractivity contribution in [3.05, 3.63) is 41.2 Å². The lowest BCUT2D eigenvalue weighted by atomic mass is 9.85. The Balaban J connectivity index is 2.22. The standard InChI is InChI=1S/C16H18FNO2S/c1-4-20-9-14(19)16(2,3)13-10-21-15(18-13)11-5-7-12(17)8-6-11/h5-8,10H,4,9H2,1-3H3. The number of carbonyl (C=O) groups is 1. The van der Waals surface area contributed by atoms with Crippen LogP contribution < -0.4 is 0 Å². The summed E-state index contributed by atoms with van der Waals surface area (Å²) in [5.41, 5.74) is 0.876. The molecule has 2 aromatic rings. The molecule has 1 heterocycles. The fraction of sp³-hybridized carbons (Fsp3) is 0.375. The van der Waals surface area contributed by atoms with Crippen molar-refractivity contribution in [3.8, 4) is 10.6 Å². The van der Waals surface area contributed by atoms with E-state index in [0.29, 0.717) is 6.61 Å². The largest absolute Gasteiger partial charge is 0.374 e. The van der Waals surface area contributed by atoms with Crippen molar-refractivity contribution < 1.29 is 13.9 Å². The minimum atomic E-state index is -0.691. The first-order valence-electron chi connectivity index (χ1n) is 6.78. The van der Waals surface area contributed by atoms with Gasteiger partial charge in [0.25, 0.3) is 0 Å². The Morgan fingerprint density at radius 2 is 2.00 bits per heavy atom. The molecular formula is C16H18FNO2S. The van der Waals surface area contributed by atoms with Gasteiger partial charge in [-0.2, -0.15) is 0 Å². The number of thiazole rings is 1. The van der Waals surface area contributed by atoms with E-state index in [0.717, 1.165) is 16.3 Å². The first-order chi connectivity index (χ1) is 9.95. The molecule has 0 aliphatic carbocycles. The van der Waals surface area contributed by atoms with Gasteiger partial charge in [0.2, 0.25) is 0 Å². The van der Waals surface area contributed by atoms with Crippen LogP contribution in [0.3, 0.4) is 0 Å². The Bertz CT molecular complexity index is 619. The second kappa shape index (κ2) is 6.45. The number of ketones is 1. The molecular weight excluding hydrogens is 289 g/mol. The van der Waals surface area contributed by atoms with E-state index >= 15 is 0 Å². The highest BCUT2D eigenvalue weighted by Crippen LogP contribution is 2.30. The average molecular weight is 307 g/mol. The van der Waals surface area contributed by atoms with Crippen molar-refractivity contribution in [3.63, 3.8) is 0 Å². The monoisotopic (exact) mass is 307 g/mol. The quantitative estimate of drug-likeness (QED) is 0.814. The summed E-state index contributed by atoms with van der Waals surface area (Å²) in [6, 6.07) is 6.18. The highest BCUT2D eigenvalue weighted by Gasteiger charge is 2.32. The van der Waals surface area contributed by atoms with Gasteiger partial charge in [-0.3, -0.25) is 4.79 Å². The first kappa shape index (κ1) is 15.8. The molecule has 3 nitrogen and oxygen atoms in total. The van der Waals surface area contributed by atoms with E-state index in [-0.39, 0.29) is 18.2 Å². The van der Waals surface area contributed by atoms with E-state index in [1.54, 1.807) is 12.1 Å². The third-order valence-corrected chi connectivity index (χ3v) is 4.26. The van der Waals surface area contributed by atoms with E-state index in [9.17, 15) is 9.18 Å². The van der Waals surface area contributed by atoms with Crippen molar-refractivity contribution in [1.82, 2.24) is 4.98 Å². The summed E-state index contributed by atoms with van der Waals surface area (Å²) in [5, 5.41) is 2.66. The molecule has 0 radical (unpaired) electrons. The lowest BCUT2D eigenvalue weighted by Gasteiger charge is -2.20. The number of benzene rings is 1. The van der Waals surface area contributed by atoms with Crippen molar-refractivity contribution in [2.45, 2.75) is 26.2 Å². The normalized spacial score (nSPS) is 11.6. The summed E-state index contributed by atoms with van der Waals surface area (Å²) in [5.74, 6) is -0.275. The lowest BCUT2D eigenvalue weighted by Crippen LogP contribution is -2.32. The first-order valence-corrected chi connectivity index (χ1v) is 7.66. The van der Waals surface area contributed by atoms with Gasteiger partial charge in [0.1, 0.15) is 17.4 Å². The number of Topliss-reactive ketones (excluding diaryl/α,β-unsaturated/α-hetero) is 1. The molecule has 0 aliphatic rings. The zero-order valence-corrected chi connectivity index (χ0v) is 13.2. The predicted molar refractivity (Wildman–Crippen MR) is 82.0 cm³/mol. The summed E-state index contributed by atoms with van der Waals surface area (Å²) in [7, 11) is 0. The molecule has 21 heavy (non-hydrogen) atoms. The molecule has 0 saturated carbocycles. The van der Waals surface area contributed by atoms with E-state index in [2.05, 4.69) is 4.98 Å². The summed E-state index contributed by atoms with van der Waals surface area (Å²) in [4.78, 5) is 16.7. The molecule has 1 aromatic carbocycles. The Kier molecular flexibility index (Phi) is 4.85. The molecule has 0 atom stereocenters. The number of aromatic nitrogens is 1. The third kappa shape index (κ3) is 3.54. The number of carbonyl (C=O) groups excluding carboxylic acids is 1. The number of hydrogen-bond acceptors (Lipinski definition) is 4. The Morgan fingerprint density at radius 1 is 1.33 bits per heavy atom. The molecule has 0 aliphatic heterocycles. The van der Waals surface area contributed by atoms with Gasteiger partial charge in [-0.15, -0.1) is 11.3 Å². The maximum absolute atomic E-state index is 12.9. The minimum Gasteiger partial charge on any atom is -0.374 e. The maximum atomic E-state index is 12.9. The van der Waals surface area contributed by atoms with Crippen LogP contribution in [0.25, 0.3) is 10.6 Å². The van der Waals surface area contributed by atoms with Crippen LogP contribution in [0.15, 0.2) is 29.6 Å². The zero-order valence-electron chi connectivity index (χ0n) is 12.4. The SMILES string of the molecule is CCOCC(=O)C(C)(C)c1csc(-c2ccc(F)cc2)n1. The van der Waals surface area contributed by atoms with Gasteiger partial charge in [-0.25, -0.2) is 9.37 Å². The van der Waals surface area contributed by atoms with Crippen molar-refractivity contribution >= 4 is 17.1 Å². The van der Waals surface area contributed by atoms with Gasteiger partial charge in [0.05, 0.1) is 11.1 Å². The molecule has 0 bridgehead atoms. The van der Waals surface area contributed by atoms with Crippen molar-refractivity contribution in [2.75, 3.05) is 13.2 Å². The van der Waals surface area contributed by atoms with Crippen LogP contribution in [0.4, 0.5) is 4.39 Å². The van der Waals surface area contributed by atoms with Gasteiger partial charge in [-0.05, 0) is 45.0 Å². The molecule has 112 valence electrons. The molecule has 0 saturated heterocycles. The Labute approximate surface area is 127 Å². The van der Waals surface area contributed by atoms with Crippen molar-refractivity contribution in [2.24, 2.45) is 0 Å². The number of ether oxygens (including phenoxy) is 1. The lowest BCUT2D eigenvalue weighted by molar-refractivity contribution is -0.128. The van der Waals surface area contributed by atoms with Gasteiger partial charge >= 0.3 is 0 Å². The highest BCUT2D eigenvalue weighted by atomic mass is 32.1. The van der Waals surface area contributed by atoms with Gasteiger partial charge < -0.3 is 4.74 Å². The zero-order chi connectivity index (χ0) is 15.5. The van der Waals surface area contributed by atoms with Gasteiger partial charge in [0, 0.05) is 17.6 Å². The second-order valence-corrected chi connectivity index (χ2v) is 6.09. The maximum Gasteiger partial charge on any atom is 0.169 e. The van der Waals surface area contributed by atoms with Crippen LogP contribution in [-0.4, -0.2) is 24.0 Å². The average Bonchev–Trinajstić information content (AvgIpc) is 2.96. The molecule has 0 amide bonds. The van der Waals surface area contributed by atoms with Crippen LogP contribution in [0.5, 0.6) is 0 Å². The van der Waals surface area contributed by atoms with Crippen LogP contribution in [0.2, 0.25) is 0 Å². The van der Waals surface area contributed by atoms with Crippen LogP contribution in [0, 0.1) is 5.82 Å². The van der Waals surface area contributed by atoms with Gasteiger partial charge in [0.15, 0.2) is 5.78 Å². The summed E-state index contributed by atoms with van der Waals surface area (Å²) >= 11 is 1.45. The Morgan fingerprint density at radius 3 is 2.62 bits per heavy atom. The number of nitrogens with zero attached hydrogens (tertiary/aromatic N) is 1. The fourth-order valence-electron chi connectivity index (χ4n) is 1.80. The number of halogens is 1. The van der Waals surface area contributed by atoms with Crippen LogP contribution in [0.1, 0.15) is 26.5 Å². The van der Waals surface area contributed by atoms with E-state index < -0.39 is 5.41 Å². The Hall–Kier alpha value is -1.59. The summed E-state index contributed by atoms with van der Waals surface area (Å²) in [6.07, 6.45) is 0. The molecule has 1 aromatic heterocycles. The molecule has 0 N–H and O–H groups in total. The summed E-state index contributed by atoms with van der Waals surface area (Å²) in [6.45, 7) is 6.15. The molecule has 0 unspecified atom stereocenters. The molecule has 0 spiro atoms. The van der Waals surface area contributed by atoms with E-state index in [4.69, 9.17) is 4.74 Å². The second-order valence-electron chi connectivity index (χ2n) is 5.23. The van der Waals surface area contributed by atoms with Crippen molar-refractivity contribution in [1.29, 1.82) is 0 Å². The predicted octanol–water partition coefficient (Wildman–Crippen LogP) is 3.83. The third-order valence-electron chi connectivity index (χ3n) is 3.37. The van der Waals surface area contributed by atoms with Gasteiger partial charge in [-0.1, -0.05) is 0 Å². The van der Waals surface area contributed by atoms with Crippen LogP contribution >= 0.6 is 11.3 Å².